The van der Waals surface area contributed by atoms with Crippen molar-refractivity contribution in [1.82, 2.24) is 10.3 Å². The Bertz CT molecular complexity index is 1500. The summed E-state index contributed by atoms with van der Waals surface area (Å²) in [6.45, 7) is 1.42. The van der Waals surface area contributed by atoms with Crippen LogP contribution in [0.4, 0.5) is 10.5 Å². The number of Topliss-reactive ketones (excluding diaryl/α,β-unsaturated/α-hetero) is 1. The molecule has 0 spiro atoms. The summed E-state index contributed by atoms with van der Waals surface area (Å²) >= 11 is 0. The molecule has 0 fully saturated rings. The average Bonchev–Trinajstić information content (AvgIpc) is 2.88. The molecule has 9 heteroatoms. The molecule has 0 saturated carbocycles. The lowest BCUT2D eigenvalue weighted by molar-refractivity contribution is 0.0966. The van der Waals surface area contributed by atoms with Crippen LogP contribution in [0.15, 0.2) is 66.7 Å². The number of nitrogens with one attached hydrogen (secondary N) is 2. The van der Waals surface area contributed by atoms with E-state index in [-0.39, 0.29) is 22.8 Å². The van der Waals surface area contributed by atoms with Crippen LogP contribution in [0.25, 0.3) is 22.2 Å². The fraction of sp³-hybridized carbons (Fsp3) is 0.111. The highest BCUT2D eigenvalue weighted by Crippen LogP contribution is 2.33. The third kappa shape index (κ3) is 4.95. The van der Waals surface area contributed by atoms with E-state index in [0.717, 1.165) is 0 Å². The van der Waals surface area contributed by atoms with Gasteiger partial charge in [-0.1, -0.05) is 12.1 Å². The number of hydrogen-bond donors (Lipinski definition) is 3. The maximum atomic E-state index is 13.3. The average molecular weight is 485 g/mol. The monoisotopic (exact) mass is 485 g/mol. The smallest absolute Gasteiger partial charge is 0.326 e. The number of aromatic nitrogens is 1. The van der Waals surface area contributed by atoms with Crippen molar-refractivity contribution in [2.24, 2.45) is 0 Å². The number of phenolic OH excluding ortho intramolecular Hbond substituents is 1. The molecular formula is C27H23N3O6. The summed E-state index contributed by atoms with van der Waals surface area (Å²) in [6.07, 6.45) is 0. The zero-order valence-electron chi connectivity index (χ0n) is 19.8. The van der Waals surface area contributed by atoms with Gasteiger partial charge in [0.05, 0.1) is 36.7 Å². The molecule has 4 rings (SSSR count). The van der Waals surface area contributed by atoms with E-state index in [2.05, 4.69) is 15.6 Å². The lowest BCUT2D eigenvalue weighted by atomic mass is 10.0. The SMILES string of the molecule is COc1cc(-c2cc(C(=O)NC(=O)Nc3ccccc3OC)c3cc(C(C)=O)ccc3n2)ccc1O. The first-order valence-corrected chi connectivity index (χ1v) is 10.9. The molecule has 3 N–H and O–H groups in total. The first kappa shape index (κ1) is 24.2. The number of fused-ring (bicyclic) bond motifs is 1. The minimum atomic E-state index is -0.759. The molecule has 0 aliphatic heterocycles. The van der Waals surface area contributed by atoms with Gasteiger partial charge in [-0.2, -0.15) is 0 Å². The zero-order valence-corrected chi connectivity index (χ0v) is 19.8. The van der Waals surface area contributed by atoms with Crippen LogP contribution >= 0.6 is 0 Å². The third-order valence-corrected chi connectivity index (χ3v) is 5.52. The molecule has 0 aliphatic carbocycles. The van der Waals surface area contributed by atoms with E-state index in [0.29, 0.717) is 39.2 Å². The number of imide groups is 1. The van der Waals surface area contributed by atoms with Crippen LogP contribution in [0.5, 0.6) is 17.2 Å². The predicted octanol–water partition coefficient (Wildman–Crippen LogP) is 4.79. The Morgan fingerprint density at radius 3 is 2.36 bits per heavy atom. The van der Waals surface area contributed by atoms with Crippen molar-refractivity contribution in [1.29, 1.82) is 0 Å². The van der Waals surface area contributed by atoms with Gasteiger partial charge in [0, 0.05) is 16.5 Å². The number of carbonyl (C=O) groups is 3. The fourth-order valence-corrected chi connectivity index (χ4v) is 3.69. The number of pyridine rings is 1. The Kier molecular flexibility index (Phi) is 6.82. The zero-order chi connectivity index (χ0) is 25.8. The number of methoxy groups -OCH3 is 2. The summed E-state index contributed by atoms with van der Waals surface area (Å²) in [4.78, 5) is 42.5. The molecule has 1 heterocycles. The molecule has 0 aliphatic rings. The number of para-hydroxylation sites is 2. The summed E-state index contributed by atoms with van der Waals surface area (Å²) < 4.78 is 10.4. The standard InChI is InChI=1S/C27H23N3O6/c1-15(31)16-8-10-20-18(12-16)19(14-22(28-20)17-9-11-23(32)25(13-17)36-3)26(33)30-27(34)29-21-6-4-5-7-24(21)35-2/h4-14,32H,1-3H3,(H2,29,30,33,34). The minimum Gasteiger partial charge on any atom is -0.504 e. The van der Waals surface area contributed by atoms with Crippen LogP contribution in [0.3, 0.4) is 0 Å². The van der Waals surface area contributed by atoms with Gasteiger partial charge < -0.3 is 19.9 Å². The molecule has 36 heavy (non-hydrogen) atoms. The largest absolute Gasteiger partial charge is 0.504 e. The van der Waals surface area contributed by atoms with Gasteiger partial charge >= 0.3 is 6.03 Å². The van der Waals surface area contributed by atoms with Crippen LogP contribution in [0.1, 0.15) is 27.6 Å². The Labute approximate surface area is 206 Å². The van der Waals surface area contributed by atoms with Crippen molar-refractivity contribution in [3.8, 4) is 28.5 Å². The highest BCUT2D eigenvalue weighted by molar-refractivity contribution is 6.15. The number of aromatic hydroxyl groups is 1. The quantitative estimate of drug-likeness (QED) is 0.335. The molecule has 3 amide bonds. The number of phenols is 1. The van der Waals surface area contributed by atoms with Crippen LogP contribution in [0.2, 0.25) is 0 Å². The third-order valence-electron chi connectivity index (χ3n) is 5.52. The first-order valence-electron chi connectivity index (χ1n) is 10.9. The van der Waals surface area contributed by atoms with E-state index >= 15 is 0 Å². The Morgan fingerprint density at radius 1 is 0.889 bits per heavy atom. The van der Waals surface area contributed by atoms with E-state index in [4.69, 9.17) is 9.47 Å². The predicted molar refractivity (Wildman–Crippen MR) is 135 cm³/mol. The van der Waals surface area contributed by atoms with E-state index in [1.807, 2.05) is 0 Å². The molecule has 0 saturated heterocycles. The van der Waals surface area contributed by atoms with Gasteiger partial charge in [-0.3, -0.25) is 14.9 Å². The Morgan fingerprint density at radius 2 is 1.64 bits per heavy atom. The van der Waals surface area contributed by atoms with E-state index in [9.17, 15) is 19.5 Å². The van der Waals surface area contributed by atoms with Crippen molar-refractivity contribution in [3.63, 3.8) is 0 Å². The second kappa shape index (κ2) is 10.1. The van der Waals surface area contributed by atoms with Crippen LogP contribution in [0, 0.1) is 0 Å². The lowest BCUT2D eigenvalue weighted by Crippen LogP contribution is -2.34. The number of ketones is 1. The number of hydrogen-bond acceptors (Lipinski definition) is 7. The highest BCUT2D eigenvalue weighted by atomic mass is 16.5. The number of carbonyl (C=O) groups excluding carboxylic acids is 3. The van der Waals surface area contributed by atoms with Crippen molar-refractivity contribution in [2.75, 3.05) is 19.5 Å². The summed E-state index contributed by atoms with van der Waals surface area (Å²) in [5.41, 5.74) is 2.36. The maximum absolute atomic E-state index is 13.3. The molecule has 9 nitrogen and oxygen atoms in total. The number of urea groups is 1. The fourth-order valence-electron chi connectivity index (χ4n) is 3.69. The highest BCUT2D eigenvalue weighted by Gasteiger charge is 2.19. The van der Waals surface area contributed by atoms with Gasteiger partial charge in [-0.05, 0) is 61.5 Å². The first-order chi connectivity index (χ1) is 17.3. The number of benzene rings is 3. The molecule has 182 valence electrons. The van der Waals surface area contributed by atoms with Gasteiger partial charge in [0.25, 0.3) is 5.91 Å². The molecular weight excluding hydrogens is 462 g/mol. The van der Waals surface area contributed by atoms with Crippen molar-refractivity contribution in [3.05, 3.63) is 77.9 Å². The second-order valence-corrected chi connectivity index (χ2v) is 7.84. The molecule has 4 aromatic rings. The number of rotatable bonds is 6. The van der Waals surface area contributed by atoms with E-state index in [1.165, 1.54) is 33.3 Å². The molecule has 3 aromatic carbocycles. The number of ether oxygens (including phenoxy) is 2. The molecule has 0 atom stereocenters. The summed E-state index contributed by atoms with van der Waals surface area (Å²) in [5, 5.41) is 15.3. The van der Waals surface area contributed by atoms with Gasteiger partial charge in [0.2, 0.25) is 0 Å². The van der Waals surface area contributed by atoms with Gasteiger partial charge in [-0.15, -0.1) is 0 Å². The second-order valence-electron chi connectivity index (χ2n) is 7.84. The van der Waals surface area contributed by atoms with Crippen molar-refractivity contribution >= 4 is 34.3 Å². The van der Waals surface area contributed by atoms with E-state index in [1.54, 1.807) is 54.6 Å². The van der Waals surface area contributed by atoms with Crippen LogP contribution in [-0.2, 0) is 0 Å². The number of nitrogens with zero attached hydrogens (tertiary/aromatic N) is 1. The number of amides is 3. The van der Waals surface area contributed by atoms with Gasteiger partial charge in [-0.25, -0.2) is 9.78 Å². The summed E-state index contributed by atoms with van der Waals surface area (Å²) in [6, 6.07) is 17.0. The maximum Gasteiger partial charge on any atom is 0.326 e. The van der Waals surface area contributed by atoms with E-state index < -0.39 is 11.9 Å². The minimum absolute atomic E-state index is 0.0425. The van der Waals surface area contributed by atoms with Gasteiger partial charge in [0.1, 0.15) is 5.75 Å². The summed E-state index contributed by atoms with van der Waals surface area (Å²) in [7, 11) is 2.90. The molecule has 0 unspecified atom stereocenters. The topological polar surface area (TPSA) is 127 Å². The van der Waals surface area contributed by atoms with Gasteiger partial charge in [0.15, 0.2) is 17.3 Å². The summed E-state index contributed by atoms with van der Waals surface area (Å²) in [5.74, 6) is -0.237. The lowest BCUT2D eigenvalue weighted by Gasteiger charge is -2.13. The van der Waals surface area contributed by atoms with Crippen LogP contribution in [-0.4, -0.2) is 42.0 Å². The molecule has 0 radical (unpaired) electrons. The molecule has 0 bridgehead atoms. The number of anilines is 1. The normalized spacial score (nSPS) is 10.5. The van der Waals surface area contributed by atoms with Crippen LogP contribution < -0.4 is 20.1 Å². The van der Waals surface area contributed by atoms with Crippen molar-refractivity contribution in [2.45, 2.75) is 6.92 Å². The Hall–Kier alpha value is -4.92. The molecule has 1 aromatic heterocycles. The Balaban J connectivity index is 1.75. The van der Waals surface area contributed by atoms with Crippen molar-refractivity contribution < 1.29 is 29.0 Å².